The average Bonchev–Trinajstić information content (AvgIpc) is 2.16. The monoisotopic (exact) mass is 218 g/mol. The Morgan fingerprint density at radius 1 is 1.64 bits per heavy atom. The molecule has 0 amide bonds. The number of hydrogen-bond acceptors (Lipinski definition) is 3. The van der Waals surface area contributed by atoms with Crippen LogP contribution in [0, 0.1) is 5.41 Å². The van der Waals surface area contributed by atoms with E-state index in [1.165, 1.54) is 0 Å². The van der Waals surface area contributed by atoms with Crippen LogP contribution in [-0.4, -0.2) is 33.8 Å². The lowest BCUT2D eigenvalue weighted by Crippen LogP contribution is -2.46. The number of carboxylic acid groups (broad SMARTS) is 1. The second-order valence-corrected chi connectivity index (χ2v) is 5.06. The van der Waals surface area contributed by atoms with Gasteiger partial charge in [-0.25, -0.2) is 0 Å². The second-order valence-electron chi connectivity index (χ2n) is 3.91. The van der Waals surface area contributed by atoms with Crippen molar-refractivity contribution in [3.8, 4) is 0 Å². The van der Waals surface area contributed by atoms with Gasteiger partial charge in [0.25, 0.3) is 0 Å². The molecule has 0 spiro atoms. The van der Waals surface area contributed by atoms with Crippen LogP contribution in [0.4, 0.5) is 0 Å². The molecular weight excluding hydrogens is 200 g/mol. The van der Waals surface area contributed by atoms with Crippen molar-refractivity contribution in [1.29, 1.82) is 0 Å². The molecule has 1 rings (SSSR count). The van der Waals surface area contributed by atoms with E-state index >= 15 is 0 Å². The molecule has 0 aliphatic carbocycles. The summed E-state index contributed by atoms with van der Waals surface area (Å²) in [6.45, 7) is 2.04. The van der Waals surface area contributed by atoms with Crippen molar-refractivity contribution in [1.82, 2.24) is 0 Å². The van der Waals surface area contributed by atoms with E-state index in [2.05, 4.69) is 0 Å². The molecule has 0 bridgehead atoms. The summed E-state index contributed by atoms with van der Waals surface area (Å²) >= 11 is 1.64. The third kappa shape index (κ3) is 2.23. The van der Waals surface area contributed by atoms with Gasteiger partial charge in [0.15, 0.2) is 0 Å². The highest BCUT2D eigenvalue weighted by atomic mass is 32.2. The van der Waals surface area contributed by atoms with Crippen molar-refractivity contribution >= 4 is 17.7 Å². The van der Waals surface area contributed by atoms with Crippen LogP contribution in [-0.2, 0) is 4.79 Å². The Hall–Kier alpha value is -0.220. The summed E-state index contributed by atoms with van der Waals surface area (Å²) in [5.74, 6) is 0.599. The topological polar surface area (TPSA) is 57.5 Å². The Kier molecular flexibility index (Phi) is 4.26. The normalized spacial score (nSPS) is 32.9. The fourth-order valence-corrected chi connectivity index (χ4v) is 3.13. The molecule has 1 heterocycles. The smallest absolute Gasteiger partial charge is 0.312 e. The molecule has 2 N–H and O–H groups in total. The molecule has 1 aliphatic rings. The number of hydrogen-bond donors (Lipinski definition) is 2. The quantitative estimate of drug-likeness (QED) is 0.754. The molecule has 14 heavy (non-hydrogen) atoms. The van der Waals surface area contributed by atoms with E-state index in [0.29, 0.717) is 18.6 Å². The van der Waals surface area contributed by atoms with Crippen LogP contribution in [0.25, 0.3) is 0 Å². The molecule has 0 saturated carbocycles. The number of aliphatic hydroxyl groups excluding tert-OH is 1. The van der Waals surface area contributed by atoms with Gasteiger partial charge in [0.05, 0.1) is 11.5 Å². The summed E-state index contributed by atoms with van der Waals surface area (Å²) in [4.78, 5) is 11.2. The maximum atomic E-state index is 11.2. The summed E-state index contributed by atoms with van der Waals surface area (Å²) in [5.41, 5.74) is -0.860. The standard InChI is InChI=1S/C10H18O3S/c1-2-3-4-10(9(12)13)5-6-14-7-8(10)11/h8,11H,2-7H2,1H3,(H,12,13). The van der Waals surface area contributed by atoms with Gasteiger partial charge >= 0.3 is 5.97 Å². The Bertz CT molecular complexity index is 208. The van der Waals surface area contributed by atoms with Gasteiger partial charge in [-0.2, -0.15) is 11.8 Å². The Labute approximate surface area is 88.9 Å². The summed E-state index contributed by atoms with van der Waals surface area (Å²) in [6.07, 6.45) is 2.41. The van der Waals surface area contributed by atoms with E-state index in [-0.39, 0.29) is 0 Å². The number of thioether (sulfide) groups is 1. The van der Waals surface area contributed by atoms with E-state index in [0.717, 1.165) is 18.6 Å². The molecule has 3 nitrogen and oxygen atoms in total. The molecule has 1 aliphatic heterocycles. The molecule has 0 aromatic rings. The Morgan fingerprint density at radius 2 is 2.36 bits per heavy atom. The number of aliphatic carboxylic acids is 1. The van der Waals surface area contributed by atoms with Crippen LogP contribution >= 0.6 is 11.8 Å². The predicted octanol–water partition coefficient (Wildman–Crippen LogP) is 1.75. The molecule has 1 saturated heterocycles. The first-order valence-corrected chi connectivity index (χ1v) is 6.28. The van der Waals surface area contributed by atoms with Gasteiger partial charge in [0, 0.05) is 5.75 Å². The summed E-state index contributed by atoms with van der Waals surface area (Å²) in [5, 5.41) is 19.0. The lowest BCUT2D eigenvalue weighted by molar-refractivity contribution is -0.157. The Morgan fingerprint density at radius 3 is 2.86 bits per heavy atom. The third-order valence-electron chi connectivity index (χ3n) is 3.01. The highest BCUT2D eigenvalue weighted by molar-refractivity contribution is 7.99. The van der Waals surface area contributed by atoms with Crippen molar-refractivity contribution in [2.75, 3.05) is 11.5 Å². The minimum absolute atomic E-state index is 0.565. The van der Waals surface area contributed by atoms with Gasteiger partial charge < -0.3 is 10.2 Å². The highest BCUT2D eigenvalue weighted by Crippen LogP contribution is 2.39. The number of aliphatic hydroxyl groups is 1. The molecule has 0 radical (unpaired) electrons. The van der Waals surface area contributed by atoms with E-state index in [1.807, 2.05) is 6.92 Å². The molecule has 2 atom stereocenters. The molecule has 4 heteroatoms. The number of rotatable bonds is 4. The zero-order valence-electron chi connectivity index (χ0n) is 8.53. The van der Waals surface area contributed by atoms with Crippen molar-refractivity contribution in [2.45, 2.75) is 38.7 Å². The van der Waals surface area contributed by atoms with Crippen LogP contribution < -0.4 is 0 Å². The maximum absolute atomic E-state index is 11.2. The zero-order valence-corrected chi connectivity index (χ0v) is 9.35. The van der Waals surface area contributed by atoms with Crippen LogP contribution in [0.3, 0.4) is 0 Å². The van der Waals surface area contributed by atoms with E-state index in [4.69, 9.17) is 0 Å². The largest absolute Gasteiger partial charge is 0.481 e. The average molecular weight is 218 g/mol. The van der Waals surface area contributed by atoms with Gasteiger partial charge in [-0.15, -0.1) is 0 Å². The van der Waals surface area contributed by atoms with Gasteiger partial charge in [-0.3, -0.25) is 4.79 Å². The number of carboxylic acids is 1. The van der Waals surface area contributed by atoms with Gasteiger partial charge in [-0.05, 0) is 18.6 Å². The molecular formula is C10H18O3S. The minimum Gasteiger partial charge on any atom is -0.481 e. The molecule has 2 unspecified atom stereocenters. The van der Waals surface area contributed by atoms with E-state index in [9.17, 15) is 15.0 Å². The first-order chi connectivity index (χ1) is 6.63. The van der Waals surface area contributed by atoms with Gasteiger partial charge in [0.1, 0.15) is 0 Å². The van der Waals surface area contributed by atoms with Crippen LogP contribution in [0.2, 0.25) is 0 Å². The van der Waals surface area contributed by atoms with Crippen molar-refractivity contribution in [2.24, 2.45) is 5.41 Å². The summed E-state index contributed by atoms with van der Waals surface area (Å²) < 4.78 is 0. The number of carbonyl (C=O) groups is 1. The zero-order chi connectivity index (χ0) is 10.6. The molecule has 0 aromatic carbocycles. The van der Waals surface area contributed by atoms with Crippen molar-refractivity contribution in [3.05, 3.63) is 0 Å². The fourth-order valence-electron chi connectivity index (χ4n) is 1.92. The molecule has 82 valence electrons. The SMILES string of the molecule is CCCCC1(C(=O)O)CCSCC1O. The maximum Gasteiger partial charge on any atom is 0.312 e. The second kappa shape index (κ2) is 5.03. The molecule has 0 aromatic heterocycles. The van der Waals surface area contributed by atoms with Gasteiger partial charge in [-0.1, -0.05) is 19.8 Å². The molecule has 1 fully saturated rings. The Balaban J connectivity index is 2.72. The minimum atomic E-state index is -0.860. The van der Waals surface area contributed by atoms with Crippen LogP contribution in [0.1, 0.15) is 32.6 Å². The van der Waals surface area contributed by atoms with E-state index < -0.39 is 17.5 Å². The van der Waals surface area contributed by atoms with Crippen molar-refractivity contribution in [3.63, 3.8) is 0 Å². The van der Waals surface area contributed by atoms with Crippen LogP contribution in [0.15, 0.2) is 0 Å². The number of unbranched alkanes of at least 4 members (excludes halogenated alkanes) is 1. The first-order valence-electron chi connectivity index (χ1n) is 5.12. The summed E-state index contributed by atoms with van der Waals surface area (Å²) in [6, 6.07) is 0. The first kappa shape index (κ1) is 11.9. The predicted molar refractivity (Wildman–Crippen MR) is 57.5 cm³/mol. The lowest BCUT2D eigenvalue weighted by Gasteiger charge is -2.37. The highest BCUT2D eigenvalue weighted by Gasteiger charge is 2.46. The van der Waals surface area contributed by atoms with Gasteiger partial charge in [0.2, 0.25) is 0 Å². The fraction of sp³-hybridized carbons (Fsp3) is 0.900. The van der Waals surface area contributed by atoms with Crippen molar-refractivity contribution < 1.29 is 15.0 Å². The lowest BCUT2D eigenvalue weighted by atomic mass is 9.75. The van der Waals surface area contributed by atoms with Crippen LogP contribution in [0.5, 0.6) is 0 Å². The summed E-state index contributed by atoms with van der Waals surface area (Å²) in [7, 11) is 0. The van der Waals surface area contributed by atoms with E-state index in [1.54, 1.807) is 11.8 Å². The third-order valence-corrected chi connectivity index (χ3v) is 4.05.